The summed E-state index contributed by atoms with van der Waals surface area (Å²) in [5.41, 5.74) is 0. The minimum atomic E-state index is -0.696. The van der Waals surface area contributed by atoms with E-state index in [-0.39, 0.29) is 0 Å². The van der Waals surface area contributed by atoms with Crippen LogP contribution < -0.4 is 26.5 Å². The van der Waals surface area contributed by atoms with Crippen LogP contribution in [0.5, 0.6) is 0 Å². The van der Waals surface area contributed by atoms with Gasteiger partial charge in [-0.1, -0.05) is 146 Å². The second-order valence-corrected chi connectivity index (χ2v) is 13.4. The third kappa shape index (κ3) is 4.60. The molecule has 5 aromatic rings. The fourth-order valence-electron chi connectivity index (χ4n) is 5.07. The van der Waals surface area contributed by atoms with Crippen LogP contribution >= 0.6 is 15.8 Å². The lowest BCUT2D eigenvalue weighted by atomic mass is 10.1. The zero-order chi connectivity index (χ0) is 24.2. The van der Waals surface area contributed by atoms with Crippen LogP contribution in [-0.4, -0.2) is 0 Å². The molecule has 5 aromatic carbocycles. The monoisotopic (exact) mass is 498 g/mol. The van der Waals surface area contributed by atoms with E-state index in [0.29, 0.717) is 0 Å². The van der Waals surface area contributed by atoms with E-state index < -0.39 is 15.8 Å². The minimum absolute atomic E-state index is 0.627. The van der Waals surface area contributed by atoms with E-state index in [1.165, 1.54) is 37.3 Å². The van der Waals surface area contributed by atoms with Crippen molar-refractivity contribution in [2.24, 2.45) is 0 Å². The zero-order valence-corrected chi connectivity index (χ0v) is 22.0. The Labute approximate surface area is 216 Å². The fourth-order valence-corrected chi connectivity index (χ4v) is 10.3. The van der Waals surface area contributed by atoms with E-state index in [4.69, 9.17) is 0 Å². The summed E-state index contributed by atoms with van der Waals surface area (Å²) in [6, 6.07) is 47.2. The molecule has 0 aromatic heterocycles. The minimum Gasteiger partial charge on any atom is -0.0842 e. The molecule has 2 heteroatoms. The highest BCUT2D eigenvalue weighted by molar-refractivity contribution is 7.81. The Morgan fingerprint density at radius 3 is 1.47 bits per heavy atom. The first-order valence-electron chi connectivity index (χ1n) is 12.5. The maximum absolute atomic E-state index is 2.40. The maximum Gasteiger partial charge on any atom is -0.00168 e. The van der Waals surface area contributed by atoms with E-state index in [2.05, 4.69) is 146 Å². The van der Waals surface area contributed by atoms with E-state index in [0.717, 1.165) is 12.8 Å². The molecule has 1 aliphatic carbocycles. The van der Waals surface area contributed by atoms with E-state index in [9.17, 15) is 0 Å². The van der Waals surface area contributed by atoms with Crippen LogP contribution in [0.2, 0.25) is 0 Å². The maximum atomic E-state index is 2.40. The number of fused-ring (bicyclic) bond motifs is 1. The van der Waals surface area contributed by atoms with Crippen molar-refractivity contribution in [1.82, 2.24) is 0 Å². The quantitative estimate of drug-likeness (QED) is 0.216. The molecular formula is C34H28P2. The number of allylic oxidation sites excluding steroid dienone is 4. The summed E-state index contributed by atoms with van der Waals surface area (Å²) in [4.78, 5) is 0. The molecule has 6 rings (SSSR count). The lowest BCUT2D eigenvalue weighted by molar-refractivity contribution is 1.02. The third-order valence-electron chi connectivity index (χ3n) is 6.66. The summed E-state index contributed by atoms with van der Waals surface area (Å²) in [6.45, 7) is 0. The molecule has 1 atom stereocenters. The number of hydrogen-bond acceptors (Lipinski definition) is 0. The third-order valence-corrected chi connectivity index (χ3v) is 11.8. The molecule has 0 bridgehead atoms. The van der Waals surface area contributed by atoms with Gasteiger partial charge in [-0.2, -0.15) is 0 Å². The second kappa shape index (κ2) is 10.8. The normalized spacial score (nSPS) is 14.1. The first kappa shape index (κ1) is 23.1. The number of hydrogen-bond donors (Lipinski definition) is 0. The predicted molar refractivity (Wildman–Crippen MR) is 162 cm³/mol. The van der Waals surface area contributed by atoms with Crippen molar-refractivity contribution in [2.75, 3.05) is 0 Å². The average Bonchev–Trinajstić information content (AvgIpc) is 2.96. The van der Waals surface area contributed by atoms with Crippen LogP contribution in [0, 0.1) is 0 Å². The van der Waals surface area contributed by atoms with Gasteiger partial charge in [-0.3, -0.25) is 0 Å². The van der Waals surface area contributed by atoms with Gasteiger partial charge < -0.3 is 0 Å². The van der Waals surface area contributed by atoms with Gasteiger partial charge in [0.05, 0.1) is 0 Å². The molecule has 36 heavy (non-hydrogen) atoms. The van der Waals surface area contributed by atoms with Gasteiger partial charge in [-0.05, 0) is 71.3 Å². The predicted octanol–water partition coefficient (Wildman–Crippen LogP) is 7.26. The number of rotatable bonds is 6. The summed E-state index contributed by atoms with van der Waals surface area (Å²) in [5, 5.41) is 11.5. The molecule has 1 aliphatic rings. The Morgan fingerprint density at radius 1 is 0.472 bits per heavy atom. The Kier molecular flexibility index (Phi) is 6.91. The SMILES string of the molecule is C1=CCCC(P(c2ccccc2)c2cccc3cccc(P(c4ccccc4)c4ccccc4)c23)=C1. The van der Waals surface area contributed by atoms with Crippen molar-refractivity contribution < 1.29 is 0 Å². The molecule has 0 saturated carbocycles. The zero-order valence-electron chi connectivity index (χ0n) is 20.2. The fraction of sp³-hybridized carbons (Fsp3) is 0.0588. The van der Waals surface area contributed by atoms with Gasteiger partial charge in [0, 0.05) is 0 Å². The Bertz CT molecular complexity index is 1470. The topological polar surface area (TPSA) is 0 Å². The van der Waals surface area contributed by atoms with Gasteiger partial charge in [-0.15, -0.1) is 0 Å². The Morgan fingerprint density at radius 2 is 0.972 bits per heavy atom. The smallest absolute Gasteiger partial charge is 0.00168 e. The van der Waals surface area contributed by atoms with Gasteiger partial charge in [0.25, 0.3) is 0 Å². The molecular weight excluding hydrogens is 470 g/mol. The van der Waals surface area contributed by atoms with Gasteiger partial charge in [0.2, 0.25) is 0 Å². The molecule has 0 nitrogen and oxygen atoms in total. The Hall–Kier alpha value is -3.30. The van der Waals surface area contributed by atoms with Gasteiger partial charge in [-0.25, -0.2) is 0 Å². The summed E-state index contributed by atoms with van der Waals surface area (Å²) in [6.07, 6.45) is 9.17. The molecule has 174 valence electrons. The highest BCUT2D eigenvalue weighted by atomic mass is 31.1. The van der Waals surface area contributed by atoms with Gasteiger partial charge in [0.1, 0.15) is 0 Å². The van der Waals surface area contributed by atoms with E-state index in [1.807, 2.05) is 0 Å². The summed E-state index contributed by atoms with van der Waals surface area (Å²) in [7, 11) is -1.32. The first-order chi connectivity index (χ1) is 17.9. The molecule has 0 radical (unpaired) electrons. The highest BCUT2D eigenvalue weighted by Crippen LogP contribution is 2.48. The van der Waals surface area contributed by atoms with E-state index in [1.54, 1.807) is 5.31 Å². The van der Waals surface area contributed by atoms with Crippen LogP contribution in [0.1, 0.15) is 12.8 Å². The van der Waals surface area contributed by atoms with Crippen LogP contribution in [0.4, 0.5) is 0 Å². The van der Waals surface area contributed by atoms with Crippen LogP contribution in [0.25, 0.3) is 10.8 Å². The lowest BCUT2D eigenvalue weighted by Crippen LogP contribution is -2.25. The summed E-state index contributed by atoms with van der Waals surface area (Å²) < 4.78 is 0. The van der Waals surface area contributed by atoms with Gasteiger partial charge in [0.15, 0.2) is 0 Å². The first-order valence-corrected chi connectivity index (χ1v) is 15.2. The summed E-state index contributed by atoms with van der Waals surface area (Å²) >= 11 is 0. The van der Waals surface area contributed by atoms with Crippen molar-refractivity contribution in [3.8, 4) is 0 Å². The molecule has 0 aliphatic heterocycles. The highest BCUT2D eigenvalue weighted by Gasteiger charge is 2.25. The van der Waals surface area contributed by atoms with Crippen molar-refractivity contribution in [3.63, 3.8) is 0 Å². The summed E-state index contributed by atoms with van der Waals surface area (Å²) in [5.74, 6) is 0. The molecule has 0 N–H and O–H groups in total. The van der Waals surface area contributed by atoms with Crippen LogP contribution in [0.15, 0.2) is 151 Å². The van der Waals surface area contributed by atoms with Crippen LogP contribution in [0.3, 0.4) is 0 Å². The van der Waals surface area contributed by atoms with E-state index >= 15 is 0 Å². The van der Waals surface area contributed by atoms with Crippen molar-refractivity contribution in [1.29, 1.82) is 0 Å². The molecule has 0 amide bonds. The molecule has 0 heterocycles. The lowest BCUT2D eigenvalue weighted by Gasteiger charge is -2.27. The van der Waals surface area contributed by atoms with Gasteiger partial charge >= 0.3 is 0 Å². The molecule has 0 spiro atoms. The number of benzene rings is 5. The van der Waals surface area contributed by atoms with Crippen molar-refractivity contribution in [2.45, 2.75) is 12.8 Å². The standard InChI is InChI=1S/C34H28P2/c1-5-17-28(18-6-1)35(29-19-7-2-8-20-29)32-25-13-15-27-16-14-26-33(34(27)32)36(30-21-9-3-10-22-30)31-23-11-4-12-24-31/h1-11,13-23,25-26H,12,24H2. The van der Waals surface area contributed by atoms with Crippen molar-refractivity contribution >= 4 is 53.1 Å². The molecule has 0 saturated heterocycles. The largest absolute Gasteiger partial charge is 0.0842 e. The Balaban J connectivity index is 1.64. The molecule has 1 unspecified atom stereocenters. The molecule has 0 fully saturated rings. The average molecular weight is 499 g/mol. The van der Waals surface area contributed by atoms with Crippen molar-refractivity contribution in [3.05, 3.63) is 151 Å². The van der Waals surface area contributed by atoms with Crippen LogP contribution in [-0.2, 0) is 0 Å². The second-order valence-electron chi connectivity index (χ2n) is 8.95.